The lowest BCUT2D eigenvalue weighted by Crippen LogP contribution is -2.35. The molecule has 1 saturated heterocycles. The molecule has 3 aromatic rings. The van der Waals surface area contributed by atoms with E-state index in [4.69, 9.17) is 40.2 Å². The van der Waals surface area contributed by atoms with Gasteiger partial charge in [0.25, 0.3) is 0 Å². The van der Waals surface area contributed by atoms with Crippen LogP contribution >= 0.6 is 0 Å². The van der Waals surface area contributed by atoms with Gasteiger partial charge in [-0.05, 0) is 73.0 Å². The van der Waals surface area contributed by atoms with Crippen LogP contribution in [0.4, 0.5) is 0 Å². The van der Waals surface area contributed by atoms with Crippen molar-refractivity contribution in [1.29, 1.82) is 5.41 Å². The summed E-state index contributed by atoms with van der Waals surface area (Å²) in [4.78, 5) is 7.31. The van der Waals surface area contributed by atoms with Crippen LogP contribution in [0.1, 0.15) is 41.5 Å². The van der Waals surface area contributed by atoms with E-state index in [2.05, 4.69) is 11.0 Å². The fraction of sp³-hybridized carbons (Fsp3) is 0.375. The lowest BCUT2D eigenvalue weighted by Gasteiger charge is -2.30. The standard InChI is InChI=1S/C32H40N4O5/c1-38-25-8-6-23(7-9-25)31(33)27-11-10-26(39-2)20-28(27)32(34)35-24-13-15-36(16-14-24)21-22-5-12-29(30(19-22)40-3)41-18-4-17-37/h5-12,19-20,24,33,37H,4,13-18,21H2,1-3H3,(H2,34,35). The van der Waals surface area contributed by atoms with E-state index < -0.39 is 0 Å². The molecule has 0 aliphatic carbocycles. The number of aliphatic hydroxyl groups is 1. The number of hydrogen-bond acceptors (Lipinski definition) is 8. The van der Waals surface area contributed by atoms with Gasteiger partial charge in [0, 0.05) is 49.4 Å². The summed E-state index contributed by atoms with van der Waals surface area (Å²) in [6, 6.07) is 19.1. The Labute approximate surface area is 242 Å². The maximum absolute atomic E-state index is 8.99. The highest BCUT2D eigenvalue weighted by Gasteiger charge is 2.21. The fourth-order valence-corrected chi connectivity index (χ4v) is 4.90. The summed E-state index contributed by atoms with van der Waals surface area (Å²) in [5, 5.41) is 17.9. The van der Waals surface area contributed by atoms with E-state index >= 15 is 0 Å². The Morgan fingerprint density at radius 2 is 1.61 bits per heavy atom. The minimum atomic E-state index is 0.0947. The number of amidine groups is 1. The Hall–Kier alpha value is -4.08. The average Bonchev–Trinajstić information content (AvgIpc) is 3.02. The third-order valence-corrected chi connectivity index (χ3v) is 7.22. The predicted molar refractivity (Wildman–Crippen MR) is 161 cm³/mol. The van der Waals surface area contributed by atoms with Gasteiger partial charge in [0.2, 0.25) is 0 Å². The number of rotatable bonds is 13. The van der Waals surface area contributed by atoms with Crippen LogP contribution in [0.25, 0.3) is 0 Å². The van der Waals surface area contributed by atoms with E-state index in [1.54, 1.807) is 21.3 Å². The van der Waals surface area contributed by atoms with E-state index in [1.807, 2.05) is 54.6 Å². The number of aliphatic imine (C=N–C) groups is 1. The van der Waals surface area contributed by atoms with Crippen LogP contribution in [0, 0.1) is 5.41 Å². The summed E-state index contributed by atoms with van der Waals surface area (Å²) in [7, 11) is 4.87. The molecule has 4 N–H and O–H groups in total. The first-order chi connectivity index (χ1) is 19.9. The van der Waals surface area contributed by atoms with Gasteiger partial charge in [0.1, 0.15) is 17.3 Å². The van der Waals surface area contributed by atoms with Crippen LogP contribution in [0.3, 0.4) is 0 Å². The Morgan fingerprint density at radius 1 is 0.902 bits per heavy atom. The number of benzene rings is 3. The summed E-state index contributed by atoms with van der Waals surface area (Å²) in [5.74, 6) is 3.20. The molecule has 1 aliphatic heterocycles. The number of piperidine rings is 1. The molecule has 0 atom stereocenters. The number of aliphatic hydroxyl groups excluding tert-OH is 1. The summed E-state index contributed by atoms with van der Waals surface area (Å²) in [6.45, 7) is 3.14. The highest BCUT2D eigenvalue weighted by atomic mass is 16.5. The van der Waals surface area contributed by atoms with Crippen molar-refractivity contribution >= 4 is 11.5 Å². The molecule has 4 rings (SSSR count). The van der Waals surface area contributed by atoms with Crippen LogP contribution < -0.4 is 24.7 Å². The Bertz CT molecular complexity index is 1330. The van der Waals surface area contributed by atoms with Crippen LogP contribution in [-0.2, 0) is 6.54 Å². The third-order valence-electron chi connectivity index (χ3n) is 7.22. The summed E-state index contributed by atoms with van der Waals surface area (Å²) < 4.78 is 22.0. The van der Waals surface area contributed by atoms with E-state index in [-0.39, 0.29) is 12.6 Å². The molecule has 0 spiro atoms. The molecule has 41 heavy (non-hydrogen) atoms. The molecular formula is C32H40N4O5. The maximum Gasteiger partial charge on any atom is 0.161 e. The fourth-order valence-electron chi connectivity index (χ4n) is 4.90. The zero-order chi connectivity index (χ0) is 29.2. The number of likely N-dealkylation sites (tertiary alicyclic amines) is 1. The van der Waals surface area contributed by atoms with E-state index in [0.717, 1.165) is 49.4 Å². The number of hydrogen-bond donors (Lipinski definition) is 3. The first-order valence-corrected chi connectivity index (χ1v) is 13.8. The topological polar surface area (TPSA) is 123 Å². The number of methoxy groups -OCH3 is 3. The Morgan fingerprint density at radius 3 is 2.27 bits per heavy atom. The van der Waals surface area contributed by atoms with Crippen LogP contribution in [0.2, 0.25) is 0 Å². The molecule has 1 fully saturated rings. The molecular weight excluding hydrogens is 520 g/mol. The largest absolute Gasteiger partial charge is 0.497 e. The van der Waals surface area contributed by atoms with Gasteiger partial charge < -0.3 is 29.8 Å². The van der Waals surface area contributed by atoms with Gasteiger partial charge in [0.05, 0.1) is 39.7 Å². The molecule has 0 amide bonds. The highest BCUT2D eigenvalue weighted by molar-refractivity contribution is 6.17. The van der Waals surface area contributed by atoms with Crippen molar-refractivity contribution in [2.24, 2.45) is 10.7 Å². The monoisotopic (exact) mass is 560 g/mol. The quantitative estimate of drug-likeness (QED) is 0.162. The molecule has 0 radical (unpaired) electrons. The van der Waals surface area contributed by atoms with Gasteiger partial charge in [-0.2, -0.15) is 0 Å². The SMILES string of the molecule is COc1ccc(C(=N)c2ccc(OC)cc2C(N)=NC2CCN(Cc3ccc(OCCCO)c(OC)c3)CC2)cc1. The smallest absolute Gasteiger partial charge is 0.161 e. The number of nitrogens with two attached hydrogens (primary N) is 1. The van der Waals surface area contributed by atoms with Crippen LogP contribution in [-0.4, -0.2) is 75.2 Å². The molecule has 1 aliphatic rings. The van der Waals surface area contributed by atoms with Crippen molar-refractivity contribution in [2.75, 3.05) is 47.6 Å². The van der Waals surface area contributed by atoms with Gasteiger partial charge in [-0.1, -0.05) is 6.07 Å². The molecule has 0 saturated carbocycles. The summed E-state index contributed by atoms with van der Waals surface area (Å²) in [5.41, 5.74) is 10.3. The molecule has 218 valence electrons. The second-order valence-electron chi connectivity index (χ2n) is 9.95. The average molecular weight is 561 g/mol. The molecule has 0 bridgehead atoms. The number of ether oxygens (including phenoxy) is 4. The first-order valence-electron chi connectivity index (χ1n) is 13.8. The van der Waals surface area contributed by atoms with Crippen LogP contribution in [0.15, 0.2) is 65.7 Å². The zero-order valence-corrected chi connectivity index (χ0v) is 24.1. The second-order valence-corrected chi connectivity index (χ2v) is 9.95. The van der Waals surface area contributed by atoms with Crippen molar-refractivity contribution in [3.05, 3.63) is 82.9 Å². The summed E-state index contributed by atoms with van der Waals surface area (Å²) in [6.07, 6.45) is 2.35. The normalized spacial score (nSPS) is 14.5. The minimum Gasteiger partial charge on any atom is -0.497 e. The van der Waals surface area contributed by atoms with Crippen molar-refractivity contribution in [1.82, 2.24) is 4.90 Å². The molecule has 9 nitrogen and oxygen atoms in total. The molecule has 1 heterocycles. The van der Waals surface area contributed by atoms with E-state index in [1.165, 1.54) is 0 Å². The van der Waals surface area contributed by atoms with Crippen molar-refractivity contribution in [3.8, 4) is 23.0 Å². The lowest BCUT2D eigenvalue weighted by molar-refractivity contribution is 0.205. The van der Waals surface area contributed by atoms with Gasteiger partial charge in [-0.15, -0.1) is 0 Å². The van der Waals surface area contributed by atoms with Crippen LogP contribution in [0.5, 0.6) is 23.0 Å². The van der Waals surface area contributed by atoms with Gasteiger partial charge in [0.15, 0.2) is 11.5 Å². The maximum atomic E-state index is 8.99. The van der Waals surface area contributed by atoms with Gasteiger partial charge in [-0.3, -0.25) is 15.3 Å². The second kappa shape index (κ2) is 14.5. The van der Waals surface area contributed by atoms with Crippen molar-refractivity contribution in [3.63, 3.8) is 0 Å². The number of nitrogens with zero attached hydrogens (tertiary/aromatic N) is 2. The Balaban J connectivity index is 1.42. The molecule has 3 aromatic carbocycles. The van der Waals surface area contributed by atoms with Crippen molar-refractivity contribution < 1.29 is 24.1 Å². The predicted octanol–water partition coefficient (Wildman–Crippen LogP) is 4.26. The van der Waals surface area contributed by atoms with Gasteiger partial charge in [-0.25, -0.2) is 0 Å². The first kappa shape index (κ1) is 29.9. The third kappa shape index (κ3) is 7.77. The highest BCUT2D eigenvalue weighted by Crippen LogP contribution is 2.29. The zero-order valence-electron chi connectivity index (χ0n) is 24.1. The van der Waals surface area contributed by atoms with E-state index in [9.17, 15) is 0 Å². The Kier molecular flexibility index (Phi) is 10.6. The van der Waals surface area contributed by atoms with E-state index in [0.29, 0.717) is 53.0 Å². The molecule has 0 unspecified atom stereocenters. The summed E-state index contributed by atoms with van der Waals surface area (Å²) >= 11 is 0. The molecule has 0 aromatic heterocycles. The molecule has 9 heteroatoms. The van der Waals surface area contributed by atoms with Crippen molar-refractivity contribution in [2.45, 2.75) is 31.8 Å². The van der Waals surface area contributed by atoms with Gasteiger partial charge >= 0.3 is 0 Å². The minimum absolute atomic E-state index is 0.0947. The lowest BCUT2D eigenvalue weighted by atomic mass is 9.96. The number of nitrogens with one attached hydrogen (secondary N) is 1.